The monoisotopic (exact) mass is 469 g/mol. The minimum Gasteiger partial charge on any atom is -0.490 e. The summed E-state index contributed by atoms with van der Waals surface area (Å²) in [6.45, 7) is 4.80. The highest BCUT2D eigenvalue weighted by Gasteiger charge is 2.14. The zero-order valence-electron chi connectivity index (χ0n) is 18.9. The van der Waals surface area contributed by atoms with Crippen molar-refractivity contribution in [3.05, 3.63) is 89.0 Å². The Balaban J connectivity index is 1.52. The molecule has 0 aliphatic heterocycles. The van der Waals surface area contributed by atoms with Crippen LogP contribution in [0.25, 0.3) is 16.3 Å². The van der Waals surface area contributed by atoms with Crippen LogP contribution in [0, 0.1) is 18.3 Å². The molecule has 1 N–H and O–H groups in total. The maximum absolute atomic E-state index is 12.7. The first kappa shape index (κ1) is 23.0. The van der Waals surface area contributed by atoms with E-state index in [9.17, 15) is 10.1 Å². The van der Waals surface area contributed by atoms with Gasteiger partial charge in [0.05, 0.1) is 16.8 Å². The van der Waals surface area contributed by atoms with E-state index in [0.717, 1.165) is 21.3 Å². The number of rotatable bonds is 8. The topological polar surface area (TPSA) is 84.2 Å². The number of aryl methyl sites for hydroxylation is 1. The van der Waals surface area contributed by atoms with Crippen LogP contribution in [-0.4, -0.2) is 17.5 Å². The number of fused-ring (bicyclic) bond motifs is 1. The van der Waals surface area contributed by atoms with E-state index >= 15 is 0 Å². The Morgan fingerprint density at radius 1 is 1.09 bits per heavy atom. The predicted molar refractivity (Wildman–Crippen MR) is 135 cm³/mol. The molecule has 0 spiro atoms. The van der Waals surface area contributed by atoms with Crippen LogP contribution < -0.4 is 14.8 Å². The lowest BCUT2D eigenvalue weighted by Gasteiger charge is -2.14. The molecule has 34 heavy (non-hydrogen) atoms. The molecule has 6 nitrogen and oxygen atoms in total. The van der Waals surface area contributed by atoms with Gasteiger partial charge in [-0.3, -0.25) is 10.1 Å². The van der Waals surface area contributed by atoms with Crippen molar-refractivity contribution in [2.45, 2.75) is 20.5 Å². The van der Waals surface area contributed by atoms with Gasteiger partial charge in [0, 0.05) is 0 Å². The number of anilines is 1. The molecule has 0 fully saturated rings. The number of aromatic nitrogens is 1. The van der Waals surface area contributed by atoms with Gasteiger partial charge in [-0.15, -0.1) is 0 Å². The molecular weight excluding hydrogens is 446 g/mol. The van der Waals surface area contributed by atoms with Crippen molar-refractivity contribution in [2.24, 2.45) is 0 Å². The zero-order valence-corrected chi connectivity index (χ0v) is 19.7. The maximum Gasteiger partial charge on any atom is 0.268 e. The summed E-state index contributed by atoms with van der Waals surface area (Å²) >= 11 is 1.36. The van der Waals surface area contributed by atoms with Gasteiger partial charge in [-0.1, -0.05) is 53.8 Å². The smallest absolute Gasteiger partial charge is 0.268 e. The molecule has 0 aliphatic carbocycles. The molecule has 1 amide bonds. The molecule has 4 rings (SSSR count). The minimum absolute atomic E-state index is 0.0321. The summed E-state index contributed by atoms with van der Waals surface area (Å²) in [5.41, 5.74) is 3.66. The number of nitrogens with zero attached hydrogens (tertiary/aromatic N) is 2. The first-order chi connectivity index (χ1) is 16.6. The van der Waals surface area contributed by atoms with Gasteiger partial charge in [0.15, 0.2) is 16.6 Å². The van der Waals surface area contributed by atoms with Gasteiger partial charge in [-0.2, -0.15) is 5.26 Å². The molecule has 7 heteroatoms. The highest BCUT2D eigenvalue weighted by molar-refractivity contribution is 7.22. The van der Waals surface area contributed by atoms with Gasteiger partial charge in [0.25, 0.3) is 5.91 Å². The highest BCUT2D eigenvalue weighted by Crippen LogP contribution is 2.31. The van der Waals surface area contributed by atoms with Gasteiger partial charge in [0.1, 0.15) is 18.2 Å². The van der Waals surface area contributed by atoms with Crippen molar-refractivity contribution < 1.29 is 14.3 Å². The number of carbonyl (C=O) groups excluding carboxylic acids is 1. The Hall–Kier alpha value is -4.15. The Morgan fingerprint density at radius 3 is 2.65 bits per heavy atom. The number of hydrogen-bond acceptors (Lipinski definition) is 6. The second-order valence-corrected chi connectivity index (χ2v) is 8.50. The van der Waals surface area contributed by atoms with E-state index in [1.165, 1.54) is 17.4 Å². The maximum atomic E-state index is 12.7. The standard InChI is InChI=1S/C27H23N3O3S/c1-3-32-24-15-19(12-13-23(24)33-17-20-9-5-4-8-18(20)2)14-21(16-28)26(31)30-27-29-22-10-6-7-11-25(22)34-27/h4-15H,3,17H2,1-2H3,(H,29,30,31)/b21-14+. The molecule has 4 aromatic rings. The first-order valence-corrected chi connectivity index (χ1v) is 11.6. The number of para-hydroxylation sites is 1. The van der Waals surface area contributed by atoms with Crippen molar-refractivity contribution in [1.82, 2.24) is 4.98 Å². The fourth-order valence-corrected chi connectivity index (χ4v) is 4.20. The Labute approximate surface area is 202 Å². The van der Waals surface area contributed by atoms with Crippen LogP contribution in [-0.2, 0) is 11.4 Å². The number of carbonyl (C=O) groups is 1. The fourth-order valence-electron chi connectivity index (χ4n) is 3.33. The molecule has 0 bridgehead atoms. The van der Waals surface area contributed by atoms with E-state index < -0.39 is 5.91 Å². The lowest BCUT2D eigenvalue weighted by Crippen LogP contribution is -2.13. The van der Waals surface area contributed by atoms with Crippen LogP contribution in [0.5, 0.6) is 11.5 Å². The predicted octanol–water partition coefficient (Wildman–Crippen LogP) is 6.13. The summed E-state index contributed by atoms with van der Waals surface area (Å²) in [5, 5.41) is 12.8. The number of nitriles is 1. The van der Waals surface area contributed by atoms with E-state index in [2.05, 4.69) is 10.3 Å². The Bertz CT molecular complexity index is 1370. The number of amides is 1. The average molecular weight is 470 g/mol. The van der Waals surface area contributed by atoms with Crippen LogP contribution in [0.2, 0.25) is 0 Å². The van der Waals surface area contributed by atoms with Crippen LogP contribution in [0.15, 0.2) is 72.3 Å². The van der Waals surface area contributed by atoms with Gasteiger partial charge in [-0.25, -0.2) is 4.98 Å². The highest BCUT2D eigenvalue weighted by atomic mass is 32.1. The summed E-state index contributed by atoms with van der Waals surface area (Å²) in [6.07, 6.45) is 1.52. The number of hydrogen-bond donors (Lipinski definition) is 1. The zero-order chi connectivity index (χ0) is 23.9. The summed E-state index contributed by atoms with van der Waals surface area (Å²) < 4.78 is 12.7. The number of ether oxygens (including phenoxy) is 2. The Morgan fingerprint density at radius 2 is 1.88 bits per heavy atom. The quantitative estimate of drug-likeness (QED) is 0.248. The van der Waals surface area contributed by atoms with Gasteiger partial charge >= 0.3 is 0 Å². The van der Waals surface area contributed by atoms with Gasteiger partial charge in [0.2, 0.25) is 0 Å². The van der Waals surface area contributed by atoms with Crippen molar-refractivity contribution in [1.29, 1.82) is 5.26 Å². The van der Waals surface area contributed by atoms with Crippen molar-refractivity contribution in [3.63, 3.8) is 0 Å². The third-order valence-corrected chi connectivity index (χ3v) is 6.05. The molecule has 0 radical (unpaired) electrons. The van der Waals surface area contributed by atoms with E-state index in [4.69, 9.17) is 9.47 Å². The summed E-state index contributed by atoms with van der Waals surface area (Å²) in [7, 11) is 0. The lowest BCUT2D eigenvalue weighted by atomic mass is 10.1. The summed E-state index contributed by atoms with van der Waals surface area (Å²) in [6, 6.07) is 23.0. The first-order valence-electron chi connectivity index (χ1n) is 10.8. The van der Waals surface area contributed by atoms with Gasteiger partial charge in [-0.05, 0) is 60.9 Å². The molecule has 0 aliphatic rings. The minimum atomic E-state index is -0.514. The van der Waals surface area contributed by atoms with Gasteiger partial charge < -0.3 is 9.47 Å². The molecule has 3 aromatic carbocycles. The number of benzene rings is 3. The number of nitrogens with one attached hydrogen (secondary N) is 1. The normalized spacial score (nSPS) is 11.1. The molecule has 1 heterocycles. The summed E-state index contributed by atoms with van der Waals surface area (Å²) in [5.74, 6) is 0.632. The summed E-state index contributed by atoms with van der Waals surface area (Å²) in [4.78, 5) is 17.1. The van der Waals surface area contributed by atoms with Crippen molar-refractivity contribution in [3.8, 4) is 17.6 Å². The molecule has 0 atom stereocenters. The molecule has 1 aromatic heterocycles. The SMILES string of the molecule is CCOc1cc(/C=C(\C#N)C(=O)Nc2nc3ccccc3s2)ccc1OCc1ccccc1C. The van der Waals surface area contributed by atoms with E-state index in [0.29, 0.717) is 35.4 Å². The van der Waals surface area contributed by atoms with Crippen molar-refractivity contribution >= 4 is 38.7 Å². The average Bonchev–Trinajstić information content (AvgIpc) is 3.25. The molecule has 0 saturated heterocycles. The third-order valence-electron chi connectivity index (χ3n) is 5.10. The van der Waals surface area contributed by atoms with Crippen LogP contribution in [0.3, 0.4) is 0 Å². The number of thiazole rings is 1. The largest absolute Gasteiger partial charge is 0.490 e. The molecule has 0 unspecified atom stereocenters. The fraction of sp³-hybridized carbons (Fsp3) is 0.148. The van der Waals surface area contributed by atoms with Crippen molar-refractivity contribution in [2.75, 3.05) is 11.9 Å². The second-order valence-electron chi connectivity index (χ2n) is 7.47. The van der Waals surface area contributed by atoms with E-state index in [1.807, 2.05) is 68.4 Å². The van der Waals surface area contributed by atoms with Crippen LogP contribution >= 0.6 is 11.3 Å². The molecule has 0 saturated carbocycles. The molecular formula is C27H23N3O3S. The molecule has 170 valence electrons. The van der Waals surface area contributed by atoms with E-state index in [-0.39, 0.29) is 5.57 Å². The van der Waals surface area contributed by atoms with Crippen LogP contribution in [0.1, 0.15) is 23.6 Å². The lowest BCUT2D eigenvalue weighted by molar-refractivity contribution is -0.112. The third kappa shape index (κ3) is 5.42. The van der Waals surface area contributed by atoms with Crippen LogP contribution in [0.4, 0.5) is 5.13 Å². The Kier molecular flexibility index (Phi) is 7.21. The second kappa shape index (κ2) is 10.6. The van der Waals surface area contributed by atoms with E-state index in [1.54, 1.807) is 18.2 Å².